The van der Waals surface area contributed by atoms with Crippen LogP contribution >= 0.6 is 0 Å². The van der Waals surface area contributed by atoms with E-state index in [9.17, 15) is 4.79 Å². The van der Waals surface area contributed by atoms with Gasteiger partial charge in [-0.25, -0.2) is 0 Å². The number of piperidine rings is 1. The first kappa shape index (κ1) is 13.7. The molecule has 2 unspecified atom stereocenters. The molecule has 1 saturated heterocycles. The first-order chi connectivity index (χ1) is 10.1. The minimum Gasteiger partial charge on any atom is -0.481 e. The highest BCUT2D eigenvalue weighted by molar-refractivity contribution is 5.67. The van der Waals surface area contributed by atoms with Gasteiger partial charge in [0.1, 0.15) is 0 Å². The molecule has 2 aromatic heterocycles. The fraction of sp³-hybridized carbons (Fsp3) is 0.615. The molecule has 0 spiro atoms. The molecule has 21 heavy (non-hydrogen) atoms. The summed E-state index contributed by atoms with van der Waals surface area (Å²) in [5, 5.41) is 24.6. The van der Waals surface area contributed by atoms with Crippen LogP contribution in [-0.2, 0) is 4.79 Å². The van der Waals surface area contributed by atoms with Crippen molar-refractivity contribution in [3.05, 3.63) is 12.1 Å². The third-order valence-corrected chi connectivity index (χ3v) is 4.14. The van der Waals surface area contributed by atoms with Crippen LogP contribution in [0.3, 0.4) is 0 Å². The van der Waals surface area contributed by atoms with Gasteiger partial charge in [0, 0.05) is 19.5 Å². The number of rotatable bonds is 4. The molecule has 2 aromatic rings. The Labute approximate surface area is 121 Å². The van der Waals surface area contributed by atoms with E-state index in [1.807, 2.05) is 19.1 Å². The summed E-state index contributed by atoms with van der Waals surface area (Å²) < 4.78 is 1.42. The van der Waals surface area contributed by atoms with E-state index in [4.69, 9.17) is 5.11 Å². The summed E-state index contributed by atoms with van der Waals surface area (Å²) in [5.74, 6) is 0.651. The lowest BCUT2D eigenvalue weighted by atomic mass is 9.85. The number of tetrazole rings is 1. The van der Waals surface area contributed by atoms with E-state index in [0.717, 1.165) is 31.7 Å². The summed E-state index contributed by atoms with van der Waals surface area (Å²) in [6, 6.07) is 3.75. The molecule has 1 aliphatic heterocycles. The molecular weight excluding hydrogens is 272 g/mol. The fourth-order valence-corrected chi connectivity index (χ4v) is 2.93. The van der Waals surface area contributed by atoms with Gasteiger partial charge < -0.3 is 10.0 Å². The summed E-state index contributed by atoms with van der Waals surface area (Å²) in [7, 11) is 0. The van der Waals surface area contributed by atoms with Crippen molar-refractivity contribution in [1.29, 1.82) is 0 Å². The summed E-state index contributed by atoms with van der Waals surface area (Å²) in [5.41, 5.74) is 0.617. The van der Waals surface area contributed by atoms with Crippen LogP contribution < -0.4 is 4.90 Å². The zero-order valence-corrected chi connectivity index (χ0v) is 11.9. The van der Waals surface area contributed by atoms with Gasteiger partial charge in [0.25, 0.3) is 0 Å². The predicted molar refractivity (Wildman–Crippen MR) is 74.9 cm³/mol. The van der Waals surface area contributed by atoms with Crippen LogP contribution in [0, 0.1) is 11.8 Å². The Balaban J connectivity index is 1.74. The van der Waals surface area contributed by atoms with Crippen LogP contribution in [-0.4, -0.2) is 49.4 Å². The largest absolute Gasteiger partial charge is 0.481 e. The van der Waals surface area contributed by atoms with Crippen molar-refractivity contribution >= 4 is 17.4 Å². The molecule has 3 heterocycles. The molecule has 0 amide bonds. The number of anilines is 1. The van der Waals surface area contributed by atoms with Gasteiger partial charge in [-0.1, -0.05) is 6.92 Å². The molecule has 1 N–H and O–H groups in total. The summed E-state index contributed by atoms with van der Waals surface area (Å²) >= 11 is 0. The Kier molecular flexibility index (Phi) is 3.68. The molecule has 112 valence electrons. The van der Waals surface area contributed by atoms with E-state index >= 15 is 0 Å². The van der Waals surface area contributed by atoms with Crippen LogP contribution in [0.25, 0.3) is 5.65 Å². The molecule has 2 atom stereocenters. The van der Waals surface area contributed by atoms with E-state index < -0.39 is 5.97 Å². The number of aliphatic carboxylic acids is 1. The molecule has 0 radical (unpaired) electrons. The minimum atomic E-state index is -0.729. The van der Waals surface area contributed by atoms with Crippen molar-refractivity contribution in [1.82, 2.24) is 25.3 Å². The van der Waals surface area contributed by atoms with Crippen LogP contribution in [0.5, 0.6) is 0 Å². The van der Waals surface area contributed by atoms with Crippen molar-refractivity contribution in [2.24, 2.45) is 11.8 Å². The summed E-state index contributed by atoms with van der Waals surface area (Å²) in [6.07, 6.45) is 2.33. The third kappa shape index (κ3) is 2.93. The second-order valence-electron chi connectivity index (χ2n) is 5.64. The highest BCUT2D eigenvalue weighted by Crippen LogP contribution is 2.28. The molecule has 0 bridgehead atoms. The highest BCUT2D eigenvalue weighted by atomic mass is 16.4. The number of aromatic nitrogens is 5. The number of carbonyl (C=O) groups is 1. The van der Waals surface area contributed by atoms with E-state index in [1.54, 1.807) is 0 Å². The monoisotopic (exact) mass is 290 g/mol. The lowest BCUT2D eigenvalue weighted by Gasteiger charge is -2.36. The minimum absolute atomic E-state index is 0.169. The number of carboxylic acids is 1. The lowest BCUT2D eigenvalue weighted by Crippen LogP contribution is -2.39. The molecule has 3 rings (SSSR count). The zero-order valence-electron chi connectivity index (χ0n) is 11.9. The van der Waals surface area contributed by atoms with E-state index in [1.165, 1.54) is 4.63 Å². The second-order valence-corrected chi connectivity index (χ2v) is 5.64. The molecule has 1 aliphatic rings. The summed E-state index contributed by atoms with van der Waals surface area (Å²) in [6.45, 7) is 3.77. The Morgan fingerprint density at radius 2 is 2.38 bits per heavy atom. The molecule has 0 saturated carbocycles. The van der Waals surface area contributed by atoms with Crippen molar-refractivity contribution in [2.75, 3.05) is 18.0 Å². The standard InChI is InChI=1S/C13H18N6O2/c1-9(7-13(20)21)10-3-2-6-18(8-10)12-5-4-11-14-16-17-19(11)15-12/h4-5,9-10H,2-3,6-8H2,1H3,(H,20,21). The molecular formula is C13H18N6O2. The third-order valence-electron chi connectivity index (χ3n) is 4.14. The van der Waals surface area contributed by atoms with Gasteiger partial charge >= 0.3 is 5.97 Å². The van der Waals surface area contributed by atoms with Gasteiger partial charge in [-0.05, 0) is 47.2 Å². The van der Waals surface area contributed by atoms with Gasteiger partial charge in [-0.15, -0.1) is 14.8 Å². The Bertz CT molecular complexity index is 642. The number of hydrogen-bond donors (Lipinski definition) is 1. The van der Waals surface area contributed by atoms with Crippen molar-refractivity contribution in [3.63, 3.8) is 0 Å². The number of hydrogen-bond acceptors (Lipinski definition) is 6. The quantitative estimate of drug-likeness (QED) is 0.891. The van der Waals surface area contributed by atoms with Gasteiger partial charge in [0.05, 0.1) is 0 Å². The highest BCUT2D eigenvalue weighted by Gasteiger charge is 2.26. The molecule has 0 aliphatic carbocycles. The number of carboxylic acid groups (broad SMARTS) is 1. The van der Waals surface area contributed by atoms with Crippen molar-refractivity contribution in [3.8, 4) is 0 Å². The zero-order chi connectivity index (χ0) is 14.8. The first-order valence-electron chi connectivity index (χ1n) is 7.15. The predicted octanol–water partition coefficient (Wildman–Crippen LogP) is 0.846. The van der Waals surface area contributed by atoms with Gasteiger partial charge in [-0.3, -0.25) is 4.79 Å². The summed E-state index contributed by atoms with van der Waals surface area (Å²) in [4.78, 5) is 13.1. The van der Waals surface area contributed by atoms with Gasteiger partial charge in [0.15, 0.2) is 11.5 Å². The van der Waals surface area contributed by atoms with E-state index in [0.29, 0.717) is 11.6 Å². The fourth-order valence-electron chi connectivity index (χ4n) is 2.93. The average molecular weight is 290 g/mol. The lowest BCUT2D eigenvalue weighted by molar-refractivity contribution is -0.138. The molecule has 8 nitrogen and oxygen atoms in total. The Morgan fingerprint density at radius 3 is 3.19 bits per heavy atom. The molecule has 8 heteroatoms. The number of fused-ring (bicyclic) bond motifs is 1. The molecule has 0 aromatic carbocycles. The van der Waals surface area contributed by atoms with E-state index in [-0.39, 0.29) is 12.3 Å². The smallest absolute Gasteiger partial charge is 0.303 e. The topological polar surface area (TPSA) is 96.5 Å². The van der Waals surface area contributed by atoms with Crippen LogP contribution in [0.4, 0.5) is 5.82 Å². The van der Waals surface area contributed by atoms with Gasteiger partial charge in [-0.2, -0.15) is 0 Å². The normalized spacial score (nSPS) is 20.6. The van der Waals surface area contributed by atoms with Crippen LogP contribution in [0.2, 0.25) is 0 Å². The number of nitrogens with zero attached hydrogens (tertiary/aromatic N) is 6. The first-order valence-corrected chi connectivity index (χ1v) is 7.15. The van der Waals surface area contributed by atoms with Crippen LogP contribution in [0.15, 0.2) is 12.1 Å². The maximum absolute atomic E-state index is 10.9. The maximum atomic E-state index is 10.9. The van der Waals surface area contributed by atoms with Gasteiger partial charge in [0.2, 0.25) is 0 Å². The van der Waals surface area contributed by atoms with Crippen molar-refractivity contribution in [2.45, 2.75) is 26.2 Å². The van der Waals surface area contributed by atoms with Crippen molar-refractivity contribution < 1.29 is 9.90 Å². The second kappa shape index (κ2) is 5.63. The molecule has 1 fully saturated rings. The SMILES string of the molecule is CC(CC(=O)O)C1CCCN(c2ccc3nnnn3n2)C1. The van der Waals surface area contributed by atoms with E-state index in [2.05, 4.69) is 25.5 Å². The average Bonchev–Trinajstić information content (AvgIpc) is 2.94. The Morgan fingerprint density at radius 1 is 1.52 bits per heavy atom. The maximum Gasteiger partial charge on any atom is 0.303 e. The van der Waals surface area contributed by atoms with Crippen LogP contribution in [0.1, 0.15) is 26.2 Å². The Hall–Kier alpha value is -2.25.